The van der Waals surface area contributed by atoms with Crippen LogP contribution in [0.5, 0.6) is 0 Å². The molecule has 7 rings (SSSR count). The fourth-order valence-electron chi connectivity index (χ4n) is 6.47. The predicted octanol–water partition coefficient (Wildman–Crippen LogP) is 6.19. The van der Waals surface area contributed by atoms with Crippen molar-refractivity contribution in [3.05, 3.63) is 143 Å². The van der Waals surface area contributed by atoms with Gasteiger partial charge in [-0.1, -0.05) is 103 Å². The molecule has 0 unspecified atom stereocenters. The Labute approximate surface area is 242 Å². The van der Waals surface area contributed by atoms with Crippen LogP contribution in [-0.4, -0.2) is 28.7 Å². The van der Waals surface area contributed by atoms with Gasteiger partial charge < -0.3 is 9.64 Å². The molecular weight excluding hydrogens is 536 g/mol. The summed E-state index contributed by atoms with van der Waals surface area (Å²) in [6, 6.07) is 32.0. The number of benzene rings is 4. The molecule has 0 spiro atoms. The number of rotatable bonds is 5. The fraction of sp³-hybridized carbons (Fsp3) is 0.147. The fourth-order valence-corrected chi connectivity index (χ4v) is 6.65. The molecule has 3 aliphatic heterocycles. The van der Waals surface area contributed by atoms with Crippen LogP contribution >= 0.6 is 11.6 Å². The highest BCUT2D eigenvalue weighted by molar-refractivity contribution is 6.31. The summed E-state index contributed by atoms with van der Waals surface area (Å²) < 4.78 is 6.28. The number of esters is 1. The Hall–Kier alpha value is -4.68. The van der Waals surface area contributed by atoms with E-state index in [2.05, 4.69) is 0 Å². The zero-order valence-electron chi connectivity index (χ0n) is 21.8. The summed E-state index contributed by atoms with van der Waals surface area (Å²) in [4.78, 5) is 45.5. The Bertz CT molecular complexity index is 1650. The second kappa shape index (κ2) is 10.1. The van der Waals surface area contributed by atoms with Crippen LogP contribution in [0.25, 0.3) is 6.08 Å². The molecule has 3 heterocycles. The lowest BCUT2D eigenvalue weighted by Crippen LogP contribution is -2.45. The van der Waals surface area contributed by atoms with E-state index in [9.17, 15) is 14.4 Å². The van der Waals surface area contributed by atoms with Crippen LogP contribution in [0.15, 0.2) is 115 Å². The average Bonchev–Trinajstić information content (AvgIpc) is 3.48. The topological polar surface area (TPSA) is 66.9 Å². The maximum atomic E-state index is 14.3. The largest absolute Gasteiger partial charge is 0.451 e. The minimum Gasteiger partial charge on any atom is -0.451 e. The Balaban J connectivity index is 1.32. The van der Waals surface area contributed by atoms with Crippen molar-refractivity contribution >= 4 is 41.1 Å². The normalized spacial score (nSPS) is 22.5. The third kappa shape index (κ3) is 4.14. The van der Waals surface area contributed by atoms with Crippen molar-refractivity contribution in [2.45, 2.75) is 18.2 Å². The highest BCUT2D eigenvalue weighted by atomic mass is 35.5. The van der Waals surface area contributed by atoms with Gasteiger partial charge in [-0.15, -0.1) is 0 Å². The maximum Gasteiger partial charge on any atom is 0.330 e. The van der Waals surface area contributed by atoms with Gasteiger partial charge in [0.1, 0.15) is 6.04 Å². The number of carbonyl (C=O) groups is 3. The highest BCUT2D eigenvalue weighted by Crippen LogP contribution is 2.53. The average molecular weight is 561 g/mol. The van der Waals surface area contributed by atoms with E-state index in [-0.39, 0.29) is 5.91 Å². The number of carbonyl (C=O) groups excluding carboxylic acids is 3. The van der Waals surface area contributed by atoms with Crippen LogP contribution in [0.3, 0.4) is 0 Å². The lowest BCUT2D eigenvalue weighted by Gasteiger charge is -2.35. The van der Waals surface area contributed by atoms with E-state index in [0.29, 0.717) is 10.7 Å². The van der Waals surface area contributed by atoms with Crippen LogP contribution in [0.1, 0.15) is 34.4 Å². The number of amides is 2. The summed E-state index contributed by atoms with van der Waals surface area (Å²) in [5.41, 5.74) is 3.87. The summed E-state index contributed by atoms with van der Waals surface area (Å²) in [6.45, 7) is 0. The Morgan fingerprint density at radius 3 is 2.07 bits per heavy atom. The molecule has 4 aromatic rings. The van der Waals surface area contributed by atoms with E-state index in [1.807, 2.05) is 102 Å². The molecule has 0 aromatic heterocycles. The summed E-state index contributed by atoms with van der Waals surface area (Å²) >= 11 is 6.23. The van der Waals surface area contributed by atoms with Gasteiger partial charge in [-0.2, -0.15) is 0 Å². The molecule has 0 saturated carbocycles. The zero-order chi connectivity index (χ0) is 28.1. The molecule has 4 aromatic carbocycles. The number of anilines is 1. The molecule has 41 heavy (non-hydrogen) atoms. The van der Waals surface area contributed by atoms with E-state index in [4.69, 9.17) is 16.3 Å². The van der Waals surface area contributed by atoms with E-state index in [0.717, 1.165) is 22.3 Å². The van der Waals surface area contributed by atoms with E-state index < -0.39 is 41.9 Å². The second-order valence-electron chi connectivity index (χ2n) is 10.5. The SMILES string of the molecule is O=C(OC(c1ccccc1)c1ccccc1)[C@@H]1[C@@H]2C(=O)N(c3cccc(Cl)c3)C(=O)[C@H]2[C@@H]2c3ccccc3C=CN12. The molecule has 2 saturated heterocycles. The van der Waals surface area contributed by atoms with Crippen LogP contribution < -0.4 is 4.90 Å². The van der Waals surface area contributed by atoms with Crippen molar-refractivity contribution in [1.29, 1.82) is 0 Å². The Kier molecular flexibility index (Phi) is 6.20. The van der Waals surface area contributed by atoms with Crippen molar-refractivity contribution in [1.82, 2.24) is 4.90 Å². The van der Waals surface area contributed by atoms with Gasteiger partial charge in [0.05, 0.1) is 23.6 Å². The number of imide groups is 1. The van der Waals surface area contributed by atoms with Gasteiger partial charge in [-0.25, -0.2) is 9.69 Å². The van der Waals surface area contributed by atoms with Gasteiger partial charge in [0, 0.05) is 11.2 Å². The van der Waals surface area contributed by atoms with Crippen molar-refractivity contribution in [3.63, 3.8) is 0 Å². The van der Waals surface area contributed by atoms with E-state index in [1.165, 1.54) is 4.90 Å². The summed E-state index contributed by atoms with van der Waals surface area (Å²) in [5.74, 6) is -3.03. The molecule has 3 aliphatic rings. The van der Waals surface area contributed by atoms with Crippen LogP contribution in [0, 0.1) is 11.8 Å². The van der Waals surface area contributed by atoms with Crippen LogP contribution in [-0.2, 0) is 19.1 Å². The third-order valence-electron chi connectivity index (χ3n) is 8.21. The first-order chi connectivity index (χ1) is 20.0. The van der Waals surface area contributed by atoms with Gasteiger partial charge in [-0.3, -0.25) is 9.59 Å². The lowest BCUT2D eigenvalue weighted by atomic mass is 9.84. The minimum absolute atomic E-state index is 0.347. The van der Waals surface area contributed by atoms with E-state index >= 15 is 0 Å². The van der Waals surface area contributed by atoms with Gasteiger partial charge in [-0.05, 0) is 46.5 Å². The molecule has 6 nitrogen and oxygen atoms in total. The Morgan fingerprint density at radius 2 is 1.39 bits per heavy atom. The molecule has 202 valence electrons. The number of halogens is 1. The molecule has 2 amide bonds. The van der Waals surface area contributed by atoms with E-state index in [1.54, 1.807) is 24.3 Å². The maximum absolute atomic E-state index is 14.3. The molecule has 0 radical (unpaired) electrons. The Morgan fingerprint density at radius 1 is 0.756 bits per heavy atom. The third-order valence-corrected chi connectivity index (χ3v) is 8.44. The summed E-state index contributed by atoms with van der Waals surface area (Å²) in [7, 11) is 0. The first-order valence-electron chi connectivity index (χ1n) is 13.5. The summed E-state index contributed by atoms with van der Waals surface area (Å²) in [5, 5.41) is 0.414. The number of hydrogen-bond acceptors (Lipinski definition) is 5. The molecular formula is C34H25ClN2O4. The van der Waals surface area contributed by atoms with Gasteiger partial charge in [0.2, 0.25) is 11.8 Å². The zero-order valence-corrected chi connectivity index (χ0v) is 22.6. The standard InChI is InChI=1S/C34H25ClN2O4/c35-24-15-9-16-25(20-24)37-32(38)27-28(33(37)39)30(36-19-18-21-10-7-8-17-26(21)29(27)36)34(40)41-31(22-11-3-1-4-12-22)23-13-5-2-6-14-23/h1-20,27-31H/t27-,28-,29+,30+/m1/s1. The number of nitrogens with zero attached hydrogens (tertiary/aromatic N) is 2. The number of fused-ring (bicyclic) bond motifs is 5. The minimum atomic E-state index is -0.995. The number of ether oxygens (including phenoxy) is 1. The summed E-state index contributed by atoms with van der Waals surface area (Å²) in [6.07, 6.45) is 3.06. The molecule has 0 bridgehead atoms. The van der Waals surface area contributed by atoms with Gasteiger partial charge in [0.15, 0.2) is 6.10 Å². The monoisotopic (exact) mass is 560 g/mol. The smallest absolute Gasteiger partial charge is 0.330 e. The predicted molar refractivity (Wildman–Crippen MR) is 156 cm³/mol. The first-order valence-corrected chi connectivity index (χ1v) is 13.9. The first kappa shape index (κ1) is 25.3. The quantitative estimate of drug-likeness (QED) is 0.215. The molecule has 2 fully saturated rings. The molecule has 0 aliphatic carbocycles. The van der Waals surface area contributed by atoms with Crippen LogP contribution in [0.4, 0.5) is 5.69 Å². The van der Waals surface area contributed by atoms with Crippen molar-refractivity contribution < 1.29 is 19.1 Å². The second-order valence-corrected chi connectivity index (χ2v) is 10.9. The van der Waals surface area contributed by atoms with Crippen molar-refractivity contribution in [2.24, 2.45) is 11.8 Å². The molecule has 7 heteroatoms. The highest BCUT2D eigenvalue weighted by Gasteiger charge is 2.65. The molecule has 4 atom stereocenters. The van der Waals surface area contributed by atoms with Crippen molar-refractivity contribution in [2.75, 3.05) is 4.90 Å². The number of hydrogen-bond donors (Lipinski definition) is 0. The van der Waals surface area contributed by atoms with Gasteiger partial charge in [0.25, 0.3) is 0 Å². The van der Waals surface area contributed by atoms with Gasteiger partial charge >= 0.3 is 5.97 Å². The lowest BCUT2D eigenvalue weighted by molar-refractivity contribution is -0.155. The van der Waals surface area contributed by atoms with Crippen molar-refractivity contribution in [3.8, 4) is 0 Å². The molecule has 0 N–H and O–H groups in total. The van der Waals surface area contributed by atoms with Crippen LogP contribution in [0.2, 0.25) is 5.02 Å².